The average molecular weight is 395 g/mol. The van der Waals surface area contributed by atoms with E-state index < -0.39 is 5.54 Å². The molecule has 2 aromatic carbocycles. The maximum Gasteiger partial charge on any atom is 0.131 e. The number of hydrogen-bond donors (Lipinski definition) is 0. The smallest absolute Gasteiger partial charge is 0.131 e. The number of benzene rings is 2. The van der Waals surface area contributed by atoms with Gasteiger partial charge in [0.15, 0.2) is 0 Å². The van der Waals surface area contributed by atoms with Crippen LogP contribution >= 0.6 is 11.6 Å². The van der Waals surface area contributed by atoms with Gasteiger partial charge in [0, 0.05) is 23.8 Å². The van der Waals surface area contributed by atoms with E-state index in [1.165, 1.54) is 11.1 Å². The molecule has 0 radical (unpaired) electrons. The molecule has 0 saturated carbocycles. The van der Waals surface area contributed by atoms with E-state index in [0.717, 1.165) is 67.0 Å². The van der Waals surface area contributed by atoms with Crippen LogP contribution < -0.4 is 4.90 Å². The Kier molecular flexibility index (Phi) is 5.29. The highest BCUT2D eigenvalue weighted by atomic mass is 35.5. The van der Waals surface area contributed by atoms with Gasteiger partial charge in [-0.15, -0.1) is 11.5 Å². The number of halogens is 1. The van der Waals surface area contributed by atoms with Crippen LogP contribution in [0, 0.1) is 17.7 Å². The summed E-state index contributed by atoms with van der Waals surface area (Å²) in [5.74, 6) is 0.649. The third-order valence-electron chi connectivity index (χ3n) is 6.55. The topological polar surface area (TPSA) is 32.7 Å². The molecule has 0 spiro atoms. The maximum atomic E-state index is 12.0. The molecule has 4 heteroatoms. The Hall–Kier alpha value is -2.13. The Morgan fingerprint density at radius 2 is 1.93 bits per heavy atom. The molecule has 1 saturated heterocycles. The summed E-state index contributed by atoms with van der Waals surface area (Å²) in [5, 5.41) is 4.46. The van der Waals surface area contributed by atoms with Crippen molar-refractivity contribution in [1.82, 2.24) is 0 Å². The van der Waals surface area contributed by atoms with E-state index >= 15 is 0 Å². The summed E-state index contributed by atoms with van der Waals surface area (Å²) in [5.41, 5.74) is 5.48. The summed E-state index contributed by atoms with van der Waals surface area (Å²) in [7, 11) is 0. The molecular formula is C24H27ClN2O. The largest absolute Gasteiger partial charge is 0.371 e. The maximum absolute atomic E-state index is 12.0. The van der Waals surface area contributed by atoms with Crippen LogP contribution in [0.1, 0.15) is 41.5 Å². The number of aryl methyl sites for hydroxylation is 1. The van der Waals surface area contributed by atoms with Gasteiger partial charge in [-0.1, -0.05) is 47.1 Å². The summed E-state index contributed by atoms with van der Waals surface area (Å²) in [6, 6.07) is 12.8. The Balaban J connectivity index is 1.52. The summed E-state index contributed by atoms with van der Waals surface area (Å²) in [6.45, 7) is 7.50. The minimum absolute atomic E-state index is 0.615. The number of piperidine rings is 1. The van der Waals surface area contributed by atoms with E-state index in [0.29, 0.717) is 5.92 Å². The Morgan fingerprint density at radius 1 is 1.18 bits per heavy atom. The first-order valence-corrected chi connectivity index (χ1v) is 10.5. The number of anilines is 1. The van der Waals surface area contributed by atoms with Crippen molar-refractivity contribution < 1.29 is 0 Å². The molecule has 146 valence electrons. The number of hydrogen-bond acceptors (Lipinski definition) is 3. The minimum atomic E-state index is -0.615. The summed E-state index contributed by atoms with van der Waals surface area (Å²) >= 11 is 6.30. The second-order valence-corrected chi connectivity index (χ2v) is 8.73. The number of fused-ring (bicyclic) bond motifs is 1. The van der Waals surface area contributed by atoms with Gasteiger partial charge in [-0.05, 0) is 79.3 Å². The van der Waals surface area contributed by atoms with Crippen LogP contribution in [0.3, 0.4) is 0 Å². The molecular weight excluding hydrogens is 368 g/mol. The summed E-state index contributed by atoms with van der Waals surface area (Å²) in [6.07, 6.45) is 6.73. The first kappa shape index (κ1) is 19.2. The van der Waals surface area contributed by atoms with Gasteiger partial charge in [0.25, 0.3) is 0 Å². The molecule has 1 atom stereocenters. The van der Waals surface area contributed by atoms with Gasteiger partial charge < -0.3 is 4.90 Å². The van der Waals surface area contributed by atoms with E-state index in [1.54, 1.807) is 0 Å². The fraction of sp³-hybridized carbons (Fsp3) is 0.417. The lowest BCUT2D eigenvalue weighted by atomic mass is 9.80. The molecule has 3 nitrogen and oxygen atoms in total. The molecule has 1 unspecified atom stereocenters. The van der Waals surface area contributed by atoms with Gasteiger partial charge in [-0.2, -0.15) is 0 Å². The molecule has 0 bridgehead atoms. The predicted molar refractivity (Wildman–Crippen MR) is 117 cm³/mol. The Morgan fingerprint density at radius 3 is 2.61 bits per heavy atom. The van der Waals surface area contributed by atoms with Crippen LogP contribution in [-0.4, -0.2) is 13.1 Å². The van der Waals surface area contributed by atoms with Crippen molar-refractivity contribution in [3.63, 3.8) is 0 Å². The molecule has 4 rings (SSSR count). The second kappa shape index (κ2) is 7.71. The lowest BCUT2D eigenvalue weighted by Crippen LogP contribution is -2.41. The number of nitroso groups, excluding NO2 is 1. The quantitative estimate of drug-likeness (QED) is 0.446. The monoisotopic (exact) mass is 394 g/mol. The number of allylic oxidation sites excluding steroid dienone is 1. The molecule has 28 heavy (non-hydrogen) atoms. The minimum Gasteiger partial charge on any atom is -0.371 e. The average Bonchev–Trinajstić information content (AvgIpc) is 3.12. The van der Waals surface area contributed by atoms with Crippen molar-refractivity contribution in [2.45, 2.75) is 44.6 Å². The van der Waals surface area contributed by atoms with Crippen molar-refractivity contribution in [2.24, 2.45) is 11.1 Å². The molecule has 0 amide bonds. The Labute approximate surface area is 172 Å². The normalized spacial score (nSPS) is 20.6. The highest BCUT2D eigenvalue weighted by molar-refractivity contribution is 6.31. The molecule has 1 heterocycles. The lowest BCUT2D eigenvalue weighted by molar-refractivity contribution is 0.342. The first-order valence-electron chi connectivity index (χ1n) is 10.1. The third-order valence-corrected chi connectivity index (χ3v) is 6.95. The van der Waals surface area contributed by atoms with Gasteiger partial charge in [0.1, 0.15) is 5.54 Å². The molecule has 2 aliphatic rings. The van der Waals surface area contributed by atoms with Crippen LogP contribution in [0.2, 0.25) is 5.02 Å². The van der Waals surface area contributed by atoms with E-state index in [1.807, 2.05) is 19.1 Å². The van der Waals surface area contributed by atoms with E-state index in [9.17, 15) is 4.91 Å². The summed E-state index contributed by atoms with van der Waals surface area (Å²) < 4.78 is 0. The van der Waals surface area contributed by atoms with Crippen molar-refractivity contribution in [1.29, 1.82) is 0 Å². The zero-order chi connectivity index (χ0) is 19.7. The van der Waals surface area contributed by atoms with Crippen molar-refractivity contribution in [2.75, 3.05) is 18.0 Å². The molecule has 1 fully saturated rings. The molecule has 2 aromatic rings. The standard InChI is InChI=1S/C24H27ClN2O/c1-3-4-18-13-19-6-7-21(15-20(19)14-18)24(26-28)9-11-27(12-10-24)22-8-5-17(2)23(25)16-22/h3,5-8,15-16,18H,1,4,9-14H2,2H3. The molecule has 0 aromatic heterocycles. The van der Waals surface area contributed by atoms with Crippen molar-refractivity contribution in [3.05, 3.63) is 81.2 Å². The van der Waals surface area contributed by atoms with Gasteiger partial charge in [-0.25, -0.2) is 0 Å². The van der Waals surface area contributed by atoms with Gasteiger partial charge in [-0.3, -0.25) is 0 Å². The van der Waals surface area contributed by atoms with E-state index in [-0.39, 0.29) is 0 Å². The molecule has 0 N–H and O–H groups in total. The van der Waals surface area contributed by atoms with Gasteiger partial charge >= 0.3 is 0 Å². The second-order valence-electron chi connectivity index (χ2n) is 8.33. The van der Waals surface area contributed by atoms with Gasteiger partial charge in [0.05, 0.1) is 0 Å². The number of nitrogens with zero attached hydrogens (tertiary/aromatic N) is 2. The fourth-order valence-electron chi connectivity index (χ4n) is 4.75. The van der Waals surface area contributed by atoms with Crippen LogP contribution in [0.4, 0.5) is 5.69 Å². The fourth-order valence-corrected chi connectivity index (χ4v) is 4.92. The zero-order valence-corrected chi connectivity index (χ0v) is 17.2. The SMILES string of the molecule is C=CCC1Cc2ccc(C3(N=O)CCN(c4ccc(C)c(Cl)c4)CC3)cc2C1. The molecule has 1 aliphatic heterocycles. The Bertz CT molecular complexity index is 899. The van der Waals surface area contributed by atoms with E-state index in [2.05, 4.69) is 47.0 Å². The van der Waals surface area contributed by atoms with Crippen LogP contribution in [0.15, 0.2) is 54.2 Å². The van der Waals surface area contributed by atoms with Crippen molar-refractivity contribution >= 4 is 17.3 Å². The van der Waals surface area contributed by atoms with Crippen LogP contribution in [-0.2, 0) is 18.4 Å². The zero-order valence-electron chi connectivity index (χ0n) is 16.5. The lowest BCUT2D eigenvalue weighted by Gasteiger charge is -2.38. The van der Waals surface area contributed by atoms with Crippen molar-refractivity contribution in [3.8, 4) is 0 Å². The highest BCUT2D eigenvalue weighted by Crippen LogP contribution is 2.41. The van der Waals surface area contributed by atoms with Crippen LogP contribution in [0.25, 0.3) is 0 Å². The predicted octanol–water partition coefficient (Wildman–Crippen LogP) is 6.20. The van der Waals surface area contributed by atoms with E-state index in [4.69, 9.17) is 11.6 Å². The third kappa shape index (κ3) is 3.48. The first-order chi connectivity index (χ1) is 13.5. The number of rotatable bonds is 5. The van der Waals surface area contributed by atoms with Gasteiger partial charge in [0.2, 0.25) is 0 Å². The summed E-state index contributed by atoms with van der Waals surface area (Å²) in [4.78, 5) is 14.3. The molecule has 1 aliphatic carbocycles. The highest BCUT2D eigenvalue weighted by Gasteiger charge is 2.39. The van der Waals surface area contributed by atoms with Crippen LogP contribution in [0.5, 0.6) is 0 Å².